The molecule has 0 spiro atoms. The molecule has 9 heteroatoms. The van der Waals surface area contributed by atoms with Crippen LogP contribution in [0.5, 0.6) is 0 Å². The summed E-state index contributed by atoms with van der Waals surface area (Å²) in [5.74, 6) is 0.0122. The lowest BCUT2D eigenvalue weighted by Gasteiger charge is -2.17. The first-order chi connectivity index (χ1) is 12.4. The average molecular weight is 416 g/mol. The lowest BCUT2D eigenvalue weighted by atomic mass is 10.2. The summed E-state index contributed by atoms with van der Waals surface area (Å²) in [5, 5.41) is 13.1. The van der Waals surface area contributed by atoms with Crippen LogP contribution >= 0.6 is 35.7 Å². The van der Waals surface area contributed by atoms with Gasteiger partial charge >= 0.3 is 5.97 Å². The Kier molecular flexibility index (Phi) is 8.46. The van der Waals surface area contributed by atoms with Crippen LogP contribution in [0.25, 0.3) is 0 Å². The normalized spacial score (nSPS) is 24.0. The lowest BCUT2D eigenvalue weighted by Crippen LogP contribution is -2.29. The highest BCUT2D eigenvalue weighted by molar-refractivity contribution is 8.33. The predicted octanol–water partition coefficient (Wildman–Crippen LogP) is 2.49. The summed E-state index contributed by atoms with van der Waals surface area (Å²) in [5.41, 5.74) is 1.13. The summed E-state index contributed by atoms with van der Waals surface area (Å²) < 4.78 is 0.303. The number of hydrogen-bond acceptors (Lipinski definition) is 7. The number of nitrogens with zero attached hydrogens (tertiary/aromatic N) is 2. The zero-order chi connectivity index (χ0) is 19.1. The number of nitrogens with one attached hydrogen (secondary N) is 1. The molecule has 0 aliphatic carbocycles. The molecule has 0 unspecified atom stereocenters. The highest BCUT2D eigenvalue weighted by atomic mass is 32.2. The van der Waals surface area contributed by atoms with Crippen LogP contribution < -0.4 is 5.32 Å². The largest absolute Gasteiger partial charge is 0.480 e. The Morgan fingerprint density at radius 3 is 2.50 bits per heavy atom. The van der Waals surface area contributed by atoms with Crippen molar-refractivity contribution in [3.8, 4) is 0 Å². The van der Waals surface area contributed by atoms with E-state index < -0.39 is 5.97 Å². The lowest BCUT2D eigenvalue weighted by molar-refractivity contribution is -0.137. The van der Waals surface area contributed by atoms with Gasteiger partial charge in [0.15, 0.2) is 0 Å². The van der Waals surface area contributed by atoms with Crippen LogP contribution in [-0.4, -0.2) is 69.3 Å². The van der Waals surface area contributed by atoms with E-state index in [-0.39, 0.29) is 11.7 Å². The van der Waals surface area contributed by atoms with Crippen LogP contribution in [0.15, 0.2) is 22.4 Å². The fourth-order valence-electron chi connectivity index (χ4n) is 2.75. The van der Waals surface area contributed by atoms with E-state index >= 15 is 0 Å². The Hall–Kier alpha value is -1.03. The Labute approximate surface area is 168 Å². The fourth-order valence-corrected chi connectivity index (χ4v) is 5.07. The average Bonchev–Trinajstić information content (AvgIpc) is 3.12. The Balaban J connectivity index is 0.000000342. The van der Waals surface area contributed by atoms with E-state index in [1.807, 2.05) is 20.0 Å². The number of piperidine rings is 1. The second-order valence-electron chi connectivity index (χ2n) is 6.23. The SMILES string of the molecule is C1CCNCC1.CC(/C=C1/SCCN1C)=C1\C(=O)SC(=S)N1CC(=O)O. The van der Waals surface area contributed by atoms with Gasteiger partial charge < -0.3 is 20.2 Å². The zero-order valence-corrected chi connectivity index (χ0v) is 17.6. The Bertz CT molecular complexity index is 618. The standard InChI is InChI=1S/C12H14N2O3S3.C5H11N/c1-7(5-8-13(2)3-4-19-8)10-11(17)20-12(18)14(10)6-9(15)16;1-2-4-6-5-3-1/h5H,3-4,6H2,1-2H3,(H,15,16);6H,1-5H2/b8-5+,10-7-;. The predicted molar refractivity (Wildman–Crippen MR) is 112 cm³/mol. The van der Waals surface area contributed by atoms with E-state index in [1.165, 1.54) is 37.3 Å². The second-order valence-corrected chi connectivity index (χ2v) is 8.95. The van der Waals surface area contributed by atoms with Gasteiger partial charge in [-0.25, -0.2) is 0 Å². The third-order valence-electron chi connectivity index (χ3n) is 4.13. The highest BCUT2D eigenvalue weighted by Crippen LogP contribution is 2.33. The number of hydrogen-bond donors (Lipinski definition) is 2. The summed E-state index contributed by atoms with van der Waals surface area (Å²) >= 11 is 7.71. The quantitative estimate of drug-likeness (QED) is 0.534. The minimum Gasteiger partial charge on any atom is -0.480 e. The molecule has 0 aromatic carbocycles. The van der Waals surface area contributed by atoms with E-state index in [1.54, 1.807) is 11.8 Å². The third kappa shape index (κ3) is 6.00. The van der Waals surface area contributed by atoms with Crippen molar-refractivity contribution in [2.45, 2.75) is 26.2 Å². The first kappa shape index (κ1) is 21.3. The first-order valence-electron chi connectivity index (χ1n) is 8.63. The van der Waals surface area contributed by atoms with E-state index in [2.05, 4.69) is 10.2 Å². The van der Waals surface area contributed by atoms with Gasteiger partial charge in [0, 0.05) is 19.3 Å². The molecular weight excluding hydrogens is 390 g/mol. The highest BCUT2D eigenvalue weighted by Gasteiger charge is 2.34. The maximum Gasteiger partial charge on any atom is 0.323 e. The molecule has 0 bridgehead atoms. The fraction of sp³-hybridized carbons (Fsp3) is 0.588. The first-order valence-corrected chi connectivity index (χ1v) is 10.8. The minimum absolute atomic E-state index is 0.184. The molecule has 3 heterocycles. The van der Waals surface area contributed by atoms with Crippen molar-refractivity contribution < 1.29 is 14.7 Å². The maximum atomic E-state index is 12.0. The topological polar surface area (TPSA) is 72.9 Å². The summed E-state index contributed by atoms with van der Waals surface area (Å²) in [7, 11) is 1.99. The van der Waals surface area contributed by atoms with Crippen molar-refractivity contribution in [2.75, 3.05) is 39.0 Å². The van der Waals surface area contributed by atoms with E-state index in [0.29, 0.717) is 10.0 Å². The van der Waals surface area contributed by atoms with Crippen molar-refractivity contribution in [3.05, 3.63) is 22.4 Å². The Morgan fingerprint density at radius 1 is 1.35 bits per heavy atom. The molecule has 0 atom stereocenters. The van der Waals surface area contributed by atoms with Gasteiger partial charge in [-0.15, -0.1) is 11.8 Å². The molecule has 0 saturated carbocycles. The monoisotopic (exact) mass is 415 g/mol. The van der Waals surface area contributed by atoms with Gasteiger partial charge in [-0.3, -0.25) is 9.59 Å². The van der Waals surface area contributed by atoms with Gasteiger partial charge in [0.2, 0.25) is 5.12 Å². The molecule has 3 fully saturated rings. The minimum atomic E-state index is -1.01. The molecule has 6 nitrogen and oxygen atoms in total. The van der Waals surface area contributed by atoms with Crippen LogP contribution in [0, 0.1) is 0 Å². The molecule has 0 amide bonds. The molecule has 3 saturated heterocycles. The Morgan fingerprint density at radius 2 is 2.04 bits per heavy atom. The molecule has 3 aliphatic rings. The van der Waals surface area contributed by atoms with Crippen molar-refractivity contribution >= 4 is 51.1 Å². The smallest absolute Gasteiger partial charge is 0.323 e. The van der Waals surface area contributed by atoms with Crippen LogP contribution in [0.3, 0.4) is 0 Å². The van der Waals surface area contributed by atoms with Gasteiger partial charge in [-0.05, 0) is 56.3 Å². The van der Waals surface area contributed by atoms with Crippen LogP contribution in [0.1, 0.15) is 26.2 Å². The molecule has 3 aliphatic heterocycles. The van der Waals surface area contributed by atoms with E-state index in [4.69, 9.17) is 17.3 Å². The van der Waals surface area contributed by atoms with Crippen LogP contribution in [0.2, 0.25) is 0 Å². The number of rotatable bonds is 3. The van der Waals surface area contributed by atoms with E-state index in [0.717, 1.165) is 34.7 Å². The molecular formula is C17H25N3O3S3. The van der Waals surface area contributed by atoms with Gasteiger partial charge in [-0.1, -0.05) is 18.6 Å². The summed E-state index contributed by atoms with van der Waals surface area (Å²) in [6.45, 7) is 5.01. The summed E-state index contributed by atoms with van der Waals surface area (Å²) in [6, 6.07) is 0. The number of allylic oxidation sites excluding steroid dienone is 2. The number of thioether (sulfide) groups is 2. The number of carboxylic acid groups (broad SMARTS) is 1. The summed E-state index contributed by atoms with van der Waals surface area (Å²) in [4.78, 5) is 26.4. The molecule has 0 aromatic rings. The van der Waals surface area contributed by atoms with Crippen molar-refractivity contribution in [1.82, 2.24) is 15.1 Å². The molecule has 144 valence electrons. The molecule has 3 rings (SSSR count). The second kappa shape index (κ2) is 10.3. The third-order valence-corrected chi connectivity index (χ3v) is 6.49. The zero-order valence-electron chi connectivity index (χ0n) is 15.1. The van der Waals surface area contributed by atoms with Crippen molar-refractivity contribution in [2.24, 2.45) is 0 Å². The number of thiocarbonyl (C=S) groups is 1. The summed E-state index contributed by atoms with van der Waals surface area (Å²) in [6.07, 6.45) is 6.14. The molecule has 26 heavy (non-hydrogen) atoms. The van der Waals surface area contributed by atoms with Gasteiger partial charge in [0.25, 0.3) is 0 Å². The van der Waals surface area contributed by atoms with E-state index in [9.17, 15) is 9.59 Å². The van der Waals surface area contributed by atoms with Gasteiger partial charge in [0.05, 0.1) is 5.03 Å². The van der Waals surface area contributed by atoms with Crippen molar-refractivity contribution in [3.63, 3.8) is 0 Å². The number of carboxylic acids is 1. The van der Waals surface area contributed by atoms with Gasteiger partial charge in [-0.2, -0.15) is 0 Å². The number of carbonyl (C=O) groups is 2. The molecule has 2 N–H and O–H groups in total. The van der Waals surface area contributed by atoms with Gasteiger partial charge in [0.1, 0.15) is 16.6 Å². The van der Waals surface area contributed by atoms with Crippen molar-refractivity contribution in [1.29, 1.82) is 0 Å². The van der Waals surface area contributed by atoms with Crippen LogP contribution in [-0.2, 0) is 9.59 Å². The molecule has 0 radical (unpaired) electrons. The molecule has 0 aromatic heterocycles. The number of aliphatic carboxylic acids is 1. The number of carbonyl (C=O) groups excluding carboxylic acids is 1. The maximum absolute atomic E-state index is 12.0. The van der Waals surface area contributed by atoms with Crippen LogP contribution in [0.4, 0.5) is 0 Å².